The molecule has 0 aliphatic heterocycles. The summed E-state index contributed by atoms with van der Waals surface area (Å²) < 4.78 is 7.12. The summed E-state index contributed by atoms with van der Waals surface area (Å²) in [6.07, 6.45) is 0.408. The van der Waals surface area contributed by atoms with Crippen LogP contribution in [0, 0.1) is 0 Å². The average molecular weight is 290 g/mol. The Morgan fingerprint density at radius 3 is 2.86 bits per heavy atom. The van der Waals surface area contributed by atoms with Crippen LogP contribution in [0.5, 0.6) is 5.75 Å². The van der Waals surface area contributed by atoms with Crippen molar-refractivity contribution < 1.29 is 14.6 Å². The Kier molecular flexibility index (Phi) is 4.89. The van der Waals surface area contributed by atoms with E-state index in [0.717, 1.165) is 11.3 Å². The average Bonchev–Trinajstić information content (AvgIpc) is 2.85. The number of aromatic nitrogens is 3. The van der Waals surface area contributed by atoms with Gasteiger partial charge in [-0.1, -0.05) is 23.4 Å². The van der Waals surface area contributed by atoms with Crippen LogP contribution in [0.2, 0.25) is 0 Å². The topological polar surface area (TPSA) is 103 Å². The van der Waals surface area contributed by atoms with Crippen molar-refractivity contribution in [1.29, 1.82) is 0 Å². The summed E-state index contributed by atoms with van der Waals surface area (Å²) in [5, 5.41) is 16.8. The monoisotopic (exact) mass is 290 g/mol. The number of aromatic carboxylic acids is 1. The van der Waals surface area contributed by atoms with Crippen LogP contribution in [-0.4, -0.2) is 39.2 Å². The second-order valence-corrected chi connectivity index (χ2v) is 4.43. The maximum absolute atomic E-state index is 11.2. The molecule has 21 heavy (non-hydrogen) atoms. The van der Waals surface area contributed by atoms with Crippen molar-refractivity contribution in [1.82, 2.24) is 15.0 Å². The maximum atomic E-state index is 11.2. The molecule has 112 valence electrons. The van der Waals surface area contributed by atoms with E-state index in [1.54, 1.807) is 4.68 Å². The molecule has 2 rings (SSSR count). The summed E-state index contributed by atoms with van der Waals surface area (Å²) >= 11 is 0. The highest BCUT2D eigenvalue weighted by Gasteiger charge is 2.19. The second kappa shape index (κ2) is 6.85. The van der Waals surface area contributed by atoms with Crippen molar-refractivity contribution in [3.8, 4) is 5.75 Å². The van der Waals surface area contributed by atoms with E-state index < -0.39 is 5.97 Å². The lowest BCUT2D eigenvalue weighted by atomic mass is 10.2. The first-order valence-electron chi connectivity index (χ1n) is 6.73. The number of ether oxygens (including phenoxy) is 1. The Bertz CT molecular complexity index is 624. The molecule has 0 atom stereocenters. The minimum atomic E-state index is -1.09. The lowest BCUT2D eigenvalue weighted by molar-refractivity contribution is 0.0689. The quantitative estimate of drug-likeness (QED) is 0.786. The third-order valence-electron chi connectivity index (χ3n) is 3.01. The minimum Gasteiger partial charge on any atom is -0.494 e. The molecule has 0 spiro atoms. The van der Waals surface area contributed by atoms with Gasteiger partial charge in [-0.3, -0.25) is 0 Å². The van der Waals surface area contributed by atoms with Gasteiger partial charge < -0.3 is 15.6 Å². The molecule has 1 aromatic heterocycles. The smallest absolute Gasteiger partial charge is 0.358 e. The van der Waals surface area contributed by atoms with Crippen LogP contribution in [0.1, 0.15) is 28.7 Å². The minimum absolute atomic E-state index is 0.0469. The highest BCUT2D eigenvalue weighted by molar-refractivity contribution is 5.86. The van der Waals surface area contributed by atoms with E-state index in [9.17, 15) is 4.79 Å². The van der Waals surface area contributed by atoms with E-state index in [0.29, 0.717) is 31.8 Å². The van der Waals surface area contributed by atoms with Gasteiger partial charge in [0.1, 0.15) is 5.75 Å². The van der Waals surface area contributed by atoms with Gasteiger partial charge >= 0.3 is 5.97 Å². The SMILES string of the molecule is CCOc1ccccc1Cn1nnc(C(=O)O)c1CCN. The van der Waals surface area contributed by atoms with E-state index in [-0.39, 0.29) is 5.69 Å². The molecule has 2 aromatic rings. The molecule has 0 amide bonds. The Morgan fingerprint density at radius 2 is 2.19 bits per heavy atom. The van der Waals surface area contributed by atoms with Gasteiger partial charge in [0, 0.05) is 12.0 Å². The zero-order valence-corrected chi connectivity index (χ0v) is 11.8. The number of hydrogen-bond donors (Lipinski definition) is 2. The summed E-state index contributed by atoms with van der Waals surface area (Å²) in [4.78, 5) is 11.2. The Labute approximate surface area is 122 Å². The largest absolute Gasteiger partial charge is 0.494 e. The fraction of sp³-hybridized carbons (Fsp3) is 0.357. The Morgan fingerprint density at radius 1 is 1.43 bits per heavy atom. The Hall–Kier alpha value is -2.41. The summed E-state index contributed by atoms with van der Waals surface area (Å²) in [7, 11) is 0. The zero-order valence-electron chi connectivity index (χ0n) is 11.8. The van der Waals surface area contributed by atoms with Gasteiger partial charge in [-0.25, -0.2) is 9.48 Å². The number of rotatable bonds is 7. The van der Waals surface area contributed by atoms with Crippen LogP contribution in [0.4, 0.5) is 0 Å². The van der Waals surface area contributed by atoms with Gasteiger partial charge in [0.2, 0.25) is 0 Å². The number of nitrogens with two attached hydrogens (primary N) is 1. The maximum Gasteiger partial charge on any atom is 0.358 e. The highest BCUT2D eigenvalue weighted by atomic mass is 16.5. The van der Waals surface area contributed by atoms with Gasteiger partial charge in [0.25, 0.3) is 0 Å². The standard InChI is InChI=1S/C14H18N4O3/c1-2-21-12-6-4-3-5-10(12)9-18-11(7-8-15)13(14(19)20)16-17-18/h3-6H,2,7-9,15H2,1H3,(H,19,20). The first-order valence-corrected chi connectivity index (χ1v) is 6.73. The lowest BCUT2D eigenvalue weighted by Gasteiger charge is -2.11. The second-order valence-electron chi connectivity index (χ2n) is 4.43. The van der Waals surface area contributed by atoms with Gasteiger partial charge in [0.05, 0.1) is 18.8 Å². The van der Waals surface area contributed by atoms with Gasteiger partial charge in [0.15, 0.2) is 5.69 Å². The molecule has 0 saturated heterocycles. The van der Waals surface area contributed by atoms with Gasteiger partial charge in [-0.15, -0.1) is 5.10 Å². The molecule has 3 N–H and O–H groups in total. The van der Waals surface area contributed by atoms with Crippen molar-refractivity contribution in [2.24, 2.45) is 5.73 Å². The Balaban J connectivity index is 2.33. The third kappa shape index (κ3) is 3.38. The molecule has 0 bridgehead atoms. The first kappa shape index (κ1) is 15.0. The van der Waals surface area contributed by atoms with Crippen LogP contribution >= 0.6 is 0 Å². The molecule has 1 heterocycles. The van der Waals surface area contributed by atoms with Crippen LogP contribution in [-0.2, 0) is 13.0 Å². The molecule has 0 fully saturated rings. The molecule has 7 nitrogen and oxygen atoms in total. The summed E-state index contributed by atoms with van der Waals surface area (Å²) in [5.41, 5.74) is 6.94. The third-order valence-corrected chi connectivity index (χ3v) is 3.01. The number of para-hydroxylation sites is 1. The number of hydrogen-bond acceptors (Lipinski definition) is 5. The molecule has 0 aliphatic rings. The molecule has 0 radical (unpaired) electrons. The van der Waals surface area contributed by atoms with Crippen LogP contribution in [0.25, 0.3) is 0 Å². The van der Waals surface area contributed by atoms with Crippen molar-refractivity contribution in [3.63, 3.8) is 0 Å². The summed E-state index contributed by atoms with van der Waals surface area (Å²) in [6, 6.07) is 7.57. The van der Waals surface area contributed by atoms with E-state index in [1.165, 1.54) is 0 Å². The van der Waals surface area contributed by atoms with Crippen LogP contribution in [0.3, 0.4) is 0 Å². The molecule has 1 aromatic carbocycles. The molecule has 7 heteroatoms. The van der Waals surface area contributed by atoms with Gasteiger partial charge in [-0.05, 0) is 19.5 Å². The number of nitrogens with zero attached hydrogens (tertiary/aromatic N) is 3. The first-order chi connectivity index (χ1) is 10.2. The molecule has 0 saturated carbocycles. The molecule has 0 aliphatic carbocycles. The molecular weight excluding hydrogens is 272 g/mol. The highest BCUT2D eigenvalue weighted by Crippen LogP contribution is 2.20. The fourth-order valence-electron chi connectivity index (χ4n) is 2.10. The number of carboxylic acids is 1. The van der Waals surface area contributed by atoms with Crippen molar-refractivity contribution in [3.05, 3.63) is 41.2 Å². The van der Waals surface area contributed by atoms with Crippen molar-refractivity contribution in [2.75, 3.05) is 13.2 Å². The molecule has 0 unspecified atom stereocenters. The van der Waals surface area contributed by atoms with Crippen LogP contribution in [0.15, 0.2) is 24.3 Å². The predicted molar refractivity (Wildman–Crippen MR) is 76.5 cm³/mol. The molecular formula is C14H18N4O3. The van der Waals surface area contributed by atoms with Gasteiger partial charge in [-0.2, -0.15) is 0 Å². The fourth-order valence-corrected chi connectivity index (χ4v) is 2.10. The van der Waals surface area contributed by atoms with Crippen molar-refractivity contribution in [2.45, 2.75) is 19.9 Å². The number of carboxylic acid groups (broad SMARTS) is 1. The van der Waals surface area contributed by atoms with E-state index >= 15 is 0 Å². The van der Waals surface area contributed by atoms with Crippen LogP contribution < -0.4 is 10.5 Å². The predicted octanol–water partition coefficient (Wildman–Crippen LogP) is 0.924. The summed E-state index contributed by atoms with van der Waals surface area (Å²) in [6.45, 7) is 3.20. The lowest BCUT2D eigenvalue weighted by Crippen LogP contribution is -2.14. The summed E-state index contributed by atoms with van der Waals surface area (Å²) in [5.74, 6) is -0.339. The normalized spacial score (nSPS) is 10.6. The van der Waals surface area contributed by atoms with E-state index in [2.05, 4.69) is 10.3 Å². The zero-order chi connectivity index (χ0) is 15.2. The number of benzene rings is 1. The van der Waals surface area contributed by atoms with E-state index in [4.69, 9.17) is 15.6 Å². The number of carbonyl (C=O) groups is 1. The van der Waals surface area contributed by atoms with E-state index in [1.807, 2.05) is 31.2 Å². The van der Waals surface area contributed by atoms with Crippen molar-refractivity contribution >= 4 is 5.97 Å².